The minimum atomic E-state index is -1.14. The molecule has 1 fully saturated rings. The zero-order valence-corrected chi connectivity index (χ0v) is 9.00. The Bertz CT molecular complexity index is 347. The van der Waals surface area contributed by atoms with E-state index in [1.807, 2.05) is 11.8 Å². The third kappa shape index (κ3) is 2.71. The molecule has 1 saturated heterocycles. The van der Waals surface area contributed by atoms with Crippen molar-refractivity contribution in [1.29, 1.82) is 0 Å². The fourth-order valence-electron chi connectivity index (χ4n) is 1.59. The second-order valence-corrected chi connectivity index (χ2v) is 4.92. The van der Waals surface area contributed by atoms with Gasteiger partial charge in [0.1, 0.15) is 0 Å². The molecule has 1 aliphatic rings. The number of rotatable bonds is 3. The van der Waals surface area contributed by atoms with Gasteiger partial charge in [-0.15, -0.1) is 0 Å². The van der Waals surface area contributed by atoms with E-state index in [1.54, 1.807) is 0 Å². The maximum absolute atomic E-state index is 10.5. The van der Waals surface area contributed by atoms with Gasteiger partial charge in [-0.1, -0.05) is 6.42 Å². The summed E-state index contributed by atoms with van der Waals surface area (Å²) in [5, 5.41) is 12.5. The molecule has 2 rings (SSSR count). The van der Waals surface area contributed by atoms with Crippen LogP contribution < -0.4 is 0 Å². The van der Waals surface area contributed by atoms with Crippen LogP contribution in [0.3, 0.4) is 0 Å². The second-order valence-electron chi connectivity index (χ2n) is 3.51. The molecular formula is C9H12N2O3S. The average molecular weight is 228 g/mol. The molecule has 1 unspecified atom stereocenters. The SMILES string of the molecule is O=C(O)c1noc(CC2CCCCS2)n1. The van der Waals surface area contributed by atoms with Crippen LogP contribution >= 0.6 is 11.8 Å². The zero-order chi connectivity index (χ0) is 10.7. The van der Waals surface area contributed by atoms with Crippen LogP contribution in [-0.4, -0.2) is 32.2 Å². The predicted octanol–water partition coefficient (Wildman–Crippen LogP) is 1.60. The Morgan fingerprint density at radius 3 is 3.07 bits per heavy atom. The van der Waals surface area contributed by atoms with Crippen LogP contribution in [0.1, 0.15) is 35.8 Å². The Hall–Kier alpha value is -1.04. The van der Waals surface area contributed by atoms with Crippen LogP contribution in [0.25, 0.3) is 0 Å². The molecule has 1 aliphatic heterocycles. The van der Waals surface area contributed by atoms with Crippen molar-refractivity contribution in [3.05, 3.63) is 11.7 Å². The summed E-state index contributed by atoms with van der Waals surface area (Å²) in [6.07, 6.45) is 4.34. The number of nitrogens with zero attached hydrogens (tertiary/aromatic N) is 2. The molecule has 0 aromatic carbocycles. The molecular weight excluding hydrogens is 216 g/mol. The lowest BCUT2D eigenvalue weighted by Gasteiger charge is -2.18. The monoisotopic (exact) mass is 228 g/mol. The van der Waals surface area contributed by atoms with Gasteiger partial charge in [0.25, 0.3) is 5.82 Å². The Labute approximate surface area is 91.2 Å². The van der Waals surface area contributed by atoms with Crippen LogP contribution in [0.15, 0.2) is 4.52 Å². The van der Waals surface area contributed by atoms with Crippen molar-refractivity contribution in [2.45, 2.75) is 30.9 Å². The van der Waals surface area contributed by atoms with Gasteiger partial charge >= 0.3 is 5.97 Å². The largest absolute Gasteiger partial charge is 0.475 e. The average Bonchev–Trinajstić information content (AvgIpc) is 2.68. The van der Waals surface area contributed by atoms with E-state index in [9.17, 15) is 4.79 Å². The van der Waals surface area contributed by atoms with E-state index < -0.39 is 5.97 Å². The van der Waals surface area contributed by atoms with Gasteiger partial charge in [0.2, 0.25) is 5.89 Å². The summed E-state index contributed by atoms with van der Waals surface area (Å²) in [4.78, 5) is 14.3. The third-order valence-electron chi connectivity index (χ3n) is 2.34. The van der Waals surface area contributed by atoms with Crippen molar-refractivity contribution in [2.75, 3.05) is 5.75 Å². The first kappa shape index (κ1) is 10.5. The molecule has 0 amide bonds. The normalized spacial score (nSPS) is 21.5. The van der Waals surface area contributed by atoms with Crippen LogP contribution in [0.2, 0.25) is 0 Å². The number of aromatic nitrogens is 2. The van der Waals surface area contributed by atoms with Gasteiger partial charge in [-0.2, -0.15) is 16.7 Å². The minimum Gasteiger partial charge on any atom is -0.475 e. The molecule has 1 atom stereocenters. The molecule has 0 saturated carbocycles. The highest BCUT2D eigenvalue weighted by Crippen LogP contribution is 2.27. The number of thioether (sulfide) groups is 1. The van der Waals surface area contributed by atoms with Gasteiger partial charge in [-0.05, 0) is 23.8 Å². The van der Waals surface area contributed by atoms with E-state index in [4.69, 9.17) is 9.63 Å². The molecule has 1 aromatic heterocycles. The van der Waals surface area contributed by atoms with E-state index in [2.05, 4.69) is 10.1 Å². The van der Waals surface area contributed by atoms with Crippen LogP contribution in [-0.2, 0) is 6.42 Å². The smallest absolute Gasteiger partial charge is 0.377 e. The van der Waals surface area contributed by atoms with Crippen LogP contribution in [0.5, 0.6) is 0 Å². The van der Waals surface area contributed by atoms with Crippen LogP contribution in [0, 0.1) is 0 Å². The highest BCUT2D eigenvalue weighted by molar-refractivity contribution is 7.99. The lowest BCUT2D eigenvalue weighted by molar-refractivity contribution is 0.0680. The summed E-state index contributed by atoms with van der Waals surface area (Å²) in [7, 11) is 0. The molecule has 1 aromatic rings. The Kier molecular flexibility index (Phi) is 3.25. The highest BCUT2D eigenvalue weighted by atomic mass is 32.2. The highest BCUT2D eigenvalue weighted by Gasteiger charge is 2.19. The Balaban J connectivity index is 1.94. The molecule has 0 bridgehead atoms. The number of hydrogen-bond donors (Lipinski definition) is 1. The van der Waals surface area contributed by atoms with Gasteiger partial charge in [-0.25, -0.2) is 4.79 Å². The maximum atomic E-state index is 10.5. The number of hydrogen-bond acceptors (Lipinski definition) is 5. The standard InChI is InChI=1S/C9H12N2O3S/c12-9(13)8-10-7(14-11-8)5-6-3-1-2-4-15-6/h6H,1-5H2,(H,12,13). The van der Waals surface area contributed by atoms with Crippen molar-refractivity contribution in [3.63, 3.8) is 0 Å². The molecule has 6 heteroatoms. The first-order valence-electron chi connectivity index (χ1n) is 4.93. The Morgan fingerprint density at radius 2 is 2.47 bits per heavy atom. The zero-order valence-electron chi connectivity index (χ0n) is 8.18. The predicted molar refractivity (Wildman–Crippen MR) is 55.1 cm³/mol. The van der Waals surface area contributed by atoms with Crippen molar-refractivity contribution < 1.29 is 14.4 Å². The third-order valence-corrected chi connectivity index (χ3v) is 3.73. The van der Waals surface area contributed by atoms with Gasteiger partial charge in [0, 0.05) is 11.7 Å². The summed E-state index contributed by atoms with van der Waals surface area (Å²) in [6.45, 7) is 0. The summed E-state index contributed by atoms with van der Waals surface area (Å²) in [6, 6.07) is 0. The molecule has 15 heavy (non-hydrogen) atoms. The van der Waals surface area contributed by atoms with Gasteiger partial charge in [0.15, 0.2) is 0 Å². The lowest BCUT2D eigenvalue weighted by Crippen LogP contribution is -2.12. The molecule has 82 valence electrons. The molecule has 0 aliphatic carbocycles. The number of aromatic carboxylic acids is 1. The van der Waals surface area contributed by atoms with Crippen molar-refractivity contribution in [1.82, 2.24) is 10.1 Å². The summed E-state index contributed by atoms with van der Waals surface area (Å²) in [5.74, 6) is 0.226. The van der Waals surface area contributed by atoms with Crippen LogP contribution in [0.4, 0.5) is 0 Å². The fraction of sp³-hybridized carbons (Fsp3) is 0.667. The summed E-state index contributed by atoms with van der Waals surface area (Å²) >= 11 is 1.90. The summed E-state index contributed by atoms with van der Waals surface area (Å²) in [5.41, 5.74) is 0. The van der Waals surface area contributed by atoms with Crippen molar-refractivity contribution >= 4 is 17.7 Å². The van der Waals surface area contributed by atoms with E-state index in [-0.39, 0.29) is 5.82 Å². The lowest BCUT2D eigenvalue weighted by atomic mass is 10.1. The maximum Gasteiger partial charge on any atom is 0.377 e. The van der Waals surface area contributed by atoms with Gasteiger partial charge in [-0.3, -0.25) is 0 Å². The van der Waals surface area contributed by atoms with Crippen molar-refractivity contribution in [3.8, 4) is 0 Å². The number of carbonyl (C=O) groups is 1. The fourth-order valence-corrected chi connectivity index (χ4v) is 2.89. The topological polar surface area (TPSA) is 76.2 Å². The molecule has 5 nitrogen and oxygen atoms in total. The first-order valence-corrected chi connectivity index (χ1v) is 5.98. The molecule has 0 spiro atoms. The Morgan fingerprint density at radius 1 is 1.60 bits per heavy atom. The van der Waals surface area contributed by atoms with E-state index in [0.717, 1.165) is 6.42 Å². The quantitative estimate of drug-likeness (QED) is 0.846. The van der Waals surface area contributed by atoms with E-state index >= 15 is 0 Å². The van der Waals surface area contributed by atoms with E-state index in [1.165, 1.54) is 18.6 Å². The first-order chi connectivity index (χ1) is 7.25. The number of carboxylic acid groups (broad SMARTS) is 1. The number of carboxylic acids is 1. The minimum absolute atomic E-state index is 0.245. The summed E-state index contributed by atoms with van der Waals surface area (Å²) < 4.78 is 4.87. The molecule has 2 heterocycles. The van der Waals surface area contributed by atoms with Gasteiger partial charge in [0.05, 0.1) is 0 Å². The van der Waals surface area contributed by atoms with E-state index in [0.29, 0.717) is 17.6 Å². The second kappa shape index (κ2) is 4.65. The van der Waals surface area contributed by atoms with Crippen molar-refractivity contribution in [2.24, 2.45) is 0 Å². The molecule has 0 radical (unpaired) electrons. The molecule has 1 N–H and O–H groups in total. The van der Waals surface area contributed by atoms with Gasteiger partial charge < -0.3 is 9.63 Å².